The molecule has 3 nitrogen and oxygen atoms in total. The molecule has 2 rings (SSSR count). The minimum atomic E-state index is -0.269. The van der Waals surface area contributed by atoms with Crippen LogP contribution in [-0.4, -0.2) is 6.04 Å². The molecular formula is C16H21NO2. The first-order valence-corrected chi connectivity index (χ1v) is 6.53. The Morgan fingerprint density at radius 1 is 1.11 bits per heavy atom. The van der Waals surface area contributed by atoms with Crippen molar-refractivity contribution in [2.24, 2.45) is 5.73 Å². The van der Waals surface area contributed by atoms with Gasteiger partial charge in [-0.2, -0.15) is 0 Å². The zero-order chi connectivity index (χ0) is 14.0. The molecule has 19 heavy (non-hydrogen) atoms. The monoisotopic (exact) mass is 259 g/mol. The van der Waals surface area contributed by atoms with Crippen molar-refractivity contribution in [3.8, 4) is 5.75 Å². The Balaban J connectivity index is 2.29. The number of nitrogens with two attached hydrogens (primary N) is 1. The molecule has 2 N–H and O–H groups in total. The summed E-state index contributed by atoms with van der Waals surface area (Å²) in [5, 5.41) is 0. The van der Waals surface area contributed by atoms with Crippen molar-refractivity contribution in [2.75, 3.05) is 0 Å². The van der Waals surface area contributed by atoms with E-state index in [0.29, 0.717) is 0 Å². The van der Waals surface area contributed by atoms with Crippen LogP contribution >= 0.6 is 0 Å². The highest BCUT2D eigenvalue weighted by Gasteiger charge is 2.22. The molecule has 0 saturated carbocycles. The van der Waals surface area contributed by atoms with Gasteiger partial charge in [-0.15, -0.1) is 0 Å². The fourth-order valence-corrected chi connectivity index (χ4v) is 2.00. The smallest absolute Gasteiger partial charge is 0.171 e. The minimum absolute atomic E-state index is 0.148. The van der Waals surface area contributed by atoms with E-state index in [4.69, 9.17) is 14.9 Å². The molecule has 1 aromatic carbocycles. The van der Waals surface area contributed by atoms with Crippen LogP contribution in [0.25, 0.3) is 0 Å². The lowest BCUT2D eigenvalue weighted by molar-refractivity contribution is 0.150. The summed E-state index contributed by atoms with van der Waals surface area (Å²) in [6.45, 7) is 7.91. The summed E-state index contributed by atoms with van der Waals surface area (Å²) in [5.74, 6) is 2.50. The highest BCUT2D eigenvalue weighted by Crippen LogP contribution is 2.28. The van der Waals surface area contributed by atoms with Gasteiger partial charge in [0.05, 0.1) is 0 Å². The Hall–Kier alpha value is -1.74. The third kappa shape index (κ3) is 3.18. The number of benzene rings is 1. The van der Waals surface area contributed by atoms with E-state index in [0.717, 1.165) is 22.8 Å². The number of hydrogen-bond donors (Lipinski definition) is 1. The maximum Gasteiger partial charge on any atom is 0.171 e. The zero-order valence-electron chi connectivity index (χ0n) is 11.9. The minimum Gasteiger partial charge on any atom is -0.481 e. The number of ether oxygens (including phenoxy) is 1. The van der Waals surface area contributed by atoms with E-state index in [-0.39, 0.29) is 12.1 Å². The molecule has 0 bridgehead atoms. The standard InChI is InChI=1S/C16H21NO2/c1-10-5-6-11(2)15(9-10)19-16(13(4)17)14-8-7-12(3)18-14/h5-9,13,16H,17H2,1-4H3. The van der Waals surface area contributed by atoms with Gasteiger partial charge in [-0.3, -0.25) is 0 Å². The molecule has 1 aromatic heterocycles. The summed E-state index contributed by atoms with van der Waals surface area (Å²) >= 11 is 0. The van der Waals surface area contributed by atoms with E-state index in [1.54, 1.807) is 0 Å². The van der Waals surface area contributed by atoms with E-state index in [2.05, 4.69) is 12.1 Å². The third-order valence-electron chi connectivity index (χ3n) is 3.12. The van der Waals surface area contributed by atoms with Crippen molar-refractivity contribution in [1.29, 1.82) is 0 Å². The van der Waals surface area contributed by atoms with E-state index >= 15 is 0 Å². The molecule has 102 valence electrons. The molecule has 0 radical (unpaired) electrons. The van der Waals surface area contributed by atoms with Crippen LogP contribution in [0.1, 0.15) is 35.7 Å². The van der Waals surface area contributed by atoms with Crippen molar-refractivity contribution in [3.63, 3.8) is 0 Å². The van der Waals surface area contributed by atoms with Crippen LogP contribution in [-0.2, 0) is 0 Å². The van der Waals surface area contributed by atoms with E-state index in [9.17, 15) is 0 Å². The maximum absolute atomic E-state index is 6.07. The van der Waals surface area contributed by atoms with Crippen molar-refractivity contribution in [3.05, 3.63) is 53.0 Å². The van der Waals surface area contributed by atoms with E-state index in [1.165, 1.54) is 5.56 Å². The fourth-order valence-electron chi connectivity index (χ4n) is 2.00. The summed E-state index contributed by atoms with van der Waals surface area (Å²) in [7, 11) is 0. The van der Waals surface area contributed by atoms with E-state index < -0.39 is 0 Å². The van der Waals surface area contributed by atoms with Crippen LogP contribution < -0.4 is 10.5 Å². The van der Waals surface area contributed by atoms with Gasteiger partial charge in [0.2, 0.25) is 0 Å². The van der Waals surface area contributed by atoms with Gasteiger partial charge in [0.25, 0.3) is 0 Å². The Morgan fingerprint density at radius 2 is 1.84 bits per heavy atom. The highest BCUT2D eigenvalue weighted by atomic mass is 16.5. The van der Waals surface area contributed by atoms with Crippen LogP contribution in [0.15, 0.2) is 34.7 Å². The molecule has 0 aliphatic carbocycles. The van der Waals surface area contributed by atoms with Gasteiger partial charge in [-0.1, -0.05) is 12.1 Å². The third-order valence-corrected chi connectivity index (χ3v) is 3.12. The number of furan rings is 1. The van der Waals surface area contributed by atoms with Gasteiger partial charge in [0.15, 0.2) is 6.10 Å². The molecule has 3 heteroatoms. The van der Waals surface area contributed by atoms with Crippen LogP contribution in [0, 0.1) is 20.8 Å². The predicted molar refractivity (Wildman–Crippen MR) is 76.4 cm³/mol. The molecule has 2 aromatic rings. The van der Waals surface area contributed by atoms with Crippen LogP contribution in [0.3, 0.4) is 0 Å². The van der Waals surface area contributed by atoms with Crippen molar-refractivity contribution in [1.82, 2.24) is 0 Å². The second kappa shape index (κ2) is 5.49. The lowest BCUT2D eigenvalue weighted by Crippen LogP contribution is -2.28. The Kier molecular flexibility index (Phi) is 3.96. The number of aryl methyl sites for hydroxylation is 3. The second-order valence-corrected chi connectivity index (χ2v) is 5.11. The Labute approximate surface area is 114 Å². The molecule has 0 fully saturated rings. The number of rotatable bonds is 4. The predicted octanol–water partition coefficient (Wildman–Crippen LogP) is 3.67. The lowest BCUT2D eigenvalue weighted by atomic mass is 10.1. The second-order valence-electron chi connectivity index (χ2n) is 5.11. The van der Waals surface area contributed by atoms with Crippen molar-refractivity contribution >= 4 is 0 Å². The first-order valence-electron chi connectivity index (χ1n) is 6.53. The van der Waals surface area contributed by atoms with E-state index in [1.807, 2.05) is 45.9 Å². The quantitative estimate of drug-likeness (QED) is 0.911. The zero-order valence-corrected chi connectivity index (χ0v) is 11.9. The van der Waals surface area contributed by atoms with Crippen molar-refractivity contribution < 1.29 is 9.15 Å². The molecule has 0 saturated heterocycles. The molecule has 2 unspecified atom stereocenters. The Morgan fingerprint density at radius 3 is 2.42 bits per heavy atom. The first-order chi connectivity index (χ1) is 8.97. The van der Waals surface area contributed by atoms with Crippen LogP contribution in [0.4, 0.5) is 0 Å². The first kappa shape index (κ1) is 13.7. The van der Waals surface area contributed by atoms with Crippen LogP contribution in [0.2, 0.25) is 0 Å². The Bertz CT molecular complexity index is 558. The molecular weight excluding hydrogens is 238 g/mol. The summed E-state index contributed by atoms with van der Waals surface area (Å²) in [4.78, 5) is 0. The highest BCUT2D eigenvalue weighted by molar-refractivity contribution is 5.36. The lowest BCUT2D eigenvalue weighted by Gasteiger charge is -2.22. The van der Waals surface area contributed by atoms with Gasteiger partial charge < -0.3 is 14.9 Å². The SMILES string of the molecule is Cc1ccc(C)c(OC(c2ccc(C)o2)C(C)N)c1. The average molecular weight is 259 g/mol. The molecule has 0 spiro atoms. The summed E-state index contributed by atoms with van der Waals surface area (Å²) < 4.78 is 11.7. The summed E-state index contributed by atoms with van der Waals surface area (Å²) in [5.41, 5.74) is 8.29. The molecule has 0 amide bonds. The molecule has 1 heterocycles. The summed E-state index contributed by atoms with van der Waals surface area (Å²) in [6, 6.07) is 9.85. The fraction of sp³-hybridized carbons (Fsp3) is 0.375. The largest absolute Gasteiger partial charge is 0.481 e. The number of hydrogen-bond acceptors (Lipinski definition) is 3. The van der Waals surface area contributed by atoms with Gasteiger partial charge >= 0.3 is 0 Å². The molecule has 2 atom stereocenters. The van der Waals surface area contributed by atoms with Gasteiger partial charge in [-0.25, -0.2) is 0 Å². The van der Waals surface area contributed by atoms with Crippen molar-refractivity contribution in [2.45, 2.75) is 39.8 Å². The van der Waals surface area contributed by atoms with Crippen LogP contribution in [0.5, 0.6) is 5.75 Å². The van der Waals surface area contributed by atoms with Gasteiger partial charge in [0.1, 0.15) is 17.3 Å². The molecule has 0 aliphatic heterocycles. The normalized spacial score (nSPS) is 14.2. The van der Waals surface area contributed by atoms with Gasteiger partial charge in [-0.05, 0) is 57.0 Å². The molecule has 0 aliphatic rings. The summed E-state index contributed by atoms with van der Waals surface area (Å²) in [6.07, 6.45) is -0.269. The topological polar surface area (TPSA) is 48.4 Å². The average Bonchev–Trinajstić information content (AvgIpc) is 2.76. The van der Waals surface area contributed by atoms with Gasteiger partial charge in [0, 0.05) is 6.04 Å². The maximum atomic E-state index is 6.07.